The van der Waals surface area contributed by atoms with E-state index < -0.39 is 0 Å². The molecule has 1 aliphatic rings. The van der Waals surface area contributed by atoms with Gasteiger partial charge in [-0.15, -0.1) is 0 Å². The van der Waals surface area contributed by atoms with Gasteiger partial charge in [-0.1, -0.05) is 45.0 Å². The van der Waals surface area contributed by atoms with Gasteiger partial charge in [0.25, 0.3) is 0 Å². The number of pyridine rings is 1. The molecule has 1 aliphatic heterocycles. The Hall–Kier alpha value is -4.15. The van der Waals surface area contributed by atoms with Crippen molar-refractivity contribution in [1.29, 1.82) is 0 Å². The summed E-state index contributed by atoms with van der Waals surface area (Å²) in [6, 6.07) is 17.1. The third-order valence-electron chi connectivity index (χ3n) is 7.15. The summed E-state index contributed by atoms with van der Waals surface area (Å²) in [5.41, 5.74) is 3.02. The van der Waals surface area contributed by atoms with Crippen LogP contribution in [0, 0.1) is 6.92 Å². The molecule has 2 aromatic carbocycles. The van der Waals surface area contributed by atoms with Crippen LogP contribution in [0.1, 0.15) is 32.2 Å². The first kappa shape index (κ1) is 28.4. The lowest BCUT2D eigenvalue weighted by atomic mass is 9.92. The Balaban J connectivity index is 1.35. The van der Waals surface area contributed by atoms with Crippen LogP contribution < -0.4 is 24.9 Å². The van der Waals surface area contributed by atoms with Gasteiger partial charge in [0.1, 0.15) is 31.0 Å². The van der Waals surface area contributed by atoms with Crippen LogP contribution in [0.5, 0.6) is 5.75 Å². The lowest BCUT2D eigenvalue weighted by Gasteiger charge is -2.26. The van der Waals surface area contributed by atoms with Gasteiger partial charge in [0, 0.05) is 59.6 Å². The number of nitrogens with one attached hydrogen (secondary N) is 2. The zero-order valence-electron chi connectivity index (χ0n) is 24.4. The van der Waals surface area contributed by atoms with Crippen LogP contribution in [0.25, 0.3) is 16.5 Å². The van der Waals surface area contributed by atoms with Crippen molar-refractivity contribution in [3.05, 3.63) is 72.2 Å². The summed E-state index contributed by atoms with van der Waals surface area (Å²) < 4.78 is 15.0. The van der Waals surface area contributed by atoms with E-state index in [-0.39, 0.29) is 11.4 Å². The number of carbonyl (C=O) groups excluding carboxylic acids is 1. The number of hydrogen-bond donors (Lipinski definition) is 2. The molecule has 0 saturated carbocycles. The van der Waals surface area contributed by atoms with Crippen molar-refractivity contribution in [3.8, 4) is 11.4 Å². The summed E-state index contributed by atoms with van der Waals surface area (Å²) in [7, 11) is 1.61. The standard InChI is InChI=1S/C31H38N6O4/c1-22-10-11-23(21-36(22)39-5)37-29(20-28(34-37)31(2,3)4)33-30(38)32-26-12-13-27(25-9-7-6-8-24(25)26)41-19-16-35-14-17-40-18-15-35/h6-13,20-21H,14-19H2,1-5H3,(H-,32,33,34,38)/p+1. The van der Waals surface area contributed by atoms with Crippen molar-refractivity contribution in [1.82, 2.24) is 14.7 Å². The minimum atomic E-state index is -0.371. The third-order valence-corrected chi connectivity index (χ3v) is 7.15. The minimum Gasteiger partial charge on any atom is -0.492 e. The van der Waals surface area contributed by atoms with E-state index in [9.17, 15) is 4.79 Å². The van der Waals surface area contributed by atoms with Gasteiger partial charge in [-0.3, -0.25) is 15.1 Å². The van der Waals surface area contributed by atoms with Crippen molar-refractivity contribution >= 4 is 28.3 Å². The Morgan fingerprint density at radius 2 is 1.80 bits per heavy atom. The predicted molar refractivity (Wildman–Crippen MR) is 159 cm³/mol. The monoisotopic (exact) mass is 559 g/mol. The summed E-state index contributed by atoms with van der Waals surface area (Å²) in [6.45, 7) is 13.0. The number of nitrogens with zero attached hydrogens (tertiary/aromatic N) is 4. The van der Waals surface area contributed by atoms with Gasteiger partial charge in [0.2, 0.25) is 11.9 Å². The Labute approximate surface area is 240 Å². The Morgan fingerprint density at radius 1 is 1.05 bits per heavy atom. The number of urea groups is 1. The molecule has 0 bridgehead atoms. The molecule has 1 saturated heterocycles. The molecule has 0 spiro atoms. The molecule has 4 aromatic rings. The van der Waals surface area contributed by atoms with Crippen molar-refractivity contribution in [2.24, 2.45) is 0 Å². The molecule has 0 unspecified atom stereocenters. The second kappa shape index (κ2) is 12.2. The van der Waals surface area contributed by atoms with Gasteiger partial charge in [0.05, 0.1) is 24.6 Å². The number of benzene rings is 2. The smallest absolute Gasteiger partial charge is 0.324 e. The van der Waals surface area contributed by atoms with Gasteiger partial charge in [0.15, 0.2) is 0 Å². The second-order valence-corrected chi connectivity index (χ2v) is 11.2. The molecule has 10 nitrogen and oxygen atoms in total. The summed E-state index contributed by atoms with van der Waals surface area (Å²) >= 11 is 0. The first-order valence-corrected chi connectivity index (χ1v) is 13.9. The number of hydrogen-bond acceptors (Lipinski definition) is 6. The normalized spacial score (nSPS) is 14.2. The van der Waals surface area contributed by atoms with Crippen molar-refractivity contribution in [2.45, 2.75) is 33.1 Å². The van der Waals surface area contributed by atoms with E-state index in [2.05, 4.69) is 36.3 Å². The fourth-order valence-corrected chi connectivity index (χ4v) is 4.79. The van der Waals surface area contributed by atoms with Crippen LogP contribution >= 0.6 is 0 Å². The van der Waals surface area contributed by atoms with Crippen molar-refractivity contribution < 1.29 is 23.8 Å². The Morgan fingerprint density at radius 3 is 2.54 bits per heavy atom. The average Bonchev–Trinajstić information content (AvgIpc) is 3.39. The number of anilines is 2. The lowest BCUT2D eigenvalue weighted by Crippen LogP contribution is -2.43. The SMILES string of the molecule is CO[n+]1cc(-n2nc(C(C)(C)C)cc2NC(=O)Nc2ccc(OCCN3CCOCC3)c3ccccc23)ccc1C. The molecule has 0 atom stereocenters. The number of amides is 2. The zero-order valence-corrected chi connectivity index (χ0v) is 24.4. The van der Waals surface area contributed by atoms with Crippen LogP contribution in [0.3, 0.4) is 0 Å². The van der Waals surface area contributed by atoms with Gasteiger partial charge in [-0.2, -0.15) is 5.10 Å². The second-order valence-electron chi connectivity index (χ2n) is 11.2. The number of aryl methyl sites for hydroxylation is 1. The highest BCUT2D eigenvalue weighted by Crippen LogP contribution is 2.32. The largest absolute Gasteiger partial charge is 0.492 e. The molecule has 216 valence electrons. The quantitative estimate of drug-likeness (QED) is 0.312. The molecule has 2 aromatic heterocycles. The highest BCUT2D eigenvalue weighted by atomic mass is 16.6. The third kappa shape index (κ3) is 6.61. The topological polar surface area (TPSA) is 93.8 Å². The van der Waals surface area contributed by atoms with Crippen LogP contribution in [0.4, 0.5) is 16.3 Å². The van der Waals surface area contributed by atoms with Crippen molar-refractivity contribution in [3.63, 3.8) is 0 Å². The maximum absolute atomic E-state index is 13.3. The number of morpholine rings is 1. The first-order chi connectivity index (χ1) is 19.7. The maximum atomic E-state index is 13.3. The van der Waals surface area contributed by atoms with E-state index in [1.54, 1.807) is 16.5 Å². The summed E-state index contributed by atoms with van der Waals surface area (Å²) in [4.78, 5) is 21.1. The predicted octanol–water partition coefficient (Wildman–Crippen LogP) is 4.33. The molecular formula is C31H39N6O4+. The van der Waals surface area contributed by atoms with E-state index in [4.69, 9.17) is 19.4 Å². The molecule has 5 rings (SSSR count). The Kier molecular flexibility index (Phi) is 8.41. The highest BCUT2D eigenvalue weighted by molar-refractivity contribution is 6.07. The maximum Gasteiger partial charge on any atom is 0.324 e. The van der Waals surface area contributed by atoms with E-state index in [1.807, 2.05) is 67.7 Å². The van der Waals surface area contributed by atoms with Crippen LogP contribution in [-0.2, 0) is 10.2 Å². The molecule has 0 radical (unpaired) electrons. The summed E-state index contributed by atoms with van der Waals surface area (Å²) in [5.74, 6) is 1.34. The molecule has 10 heteroatoms. The molecule has 3 heterocycles. The molecule has 1 fully saturated rings. The Bertz CT molecular complexity index is 1520. The van der Waals surface area contributed by atoms with E-state index >= 15 is 0 Å². The van der Waals surface area contributed by atoms with Gasteiger partial charge in [-0.25, -0.2) is 9.48 Å². The first-order valence-electron chi connectivity index (χ1n) is 13.9. The average molecular weight is 560 g/mol. The van der Waals surface area contributed by atoms with Gasteiger partial charge < -0.3 is 14.8 Å². The van der Waals surface area contributed by atoms with Crippen LogP contribution in [-0.4, -0.2) is 67.3 Å². The van der Waals surface area contributed by atoms with E-state index in [1.165, 1.54) is 0 Å². The van der Waals surface area contributed by atoms with Crippen molar-refractivity contribution in [2.75, 3.05) is 57.2 Å². The molecule has 0 aliphatic carbocycles. The number of ether oxygens (including phenoxy) is 2. The van der Waals surface area contributed by atoms with E-state index in [0.29, 0.717) is 18.1 Å². The zero-order chi connectivity index (χ0) is 29.0. The molecule has 2 amide bonds. The van der Waals surface area contributed by atoms with Gasteiger partial charge in [-0.05, 0) is 18.2 Å². The molecular weight excluding hydrogens is 520 g/mol. The number of carbonyl (C=O) groups is 1. The highest BCUT2D eigenvalue weighted by Gasteiger charge is 2.23. The fourth-order valence-electron chi connectivity index (χ4n) is 4.79. The number of rotatable bonds is 8. The lowest BCUT2D eigenvalue weighted by molar-refractivity contribution is -0.889. The fraction of sp³-hybridized carbons (Fsp3) is 0.387. The number of aromatic nitrogens is 3. The van der Waals surface area contributed by atoms with Crippen LogP contribution in [0.15, 0.2) is 60.8 Å². The summed E-state index contributed by atoms with van der Waals surface area (Å²) in [5, 5.41) is 12.7. The summed E-state index contributed by atoms with van der Waals surface area (Å²) in [6.07, 6.45) is 1.84. The minimum absolute atomic E-state index is 0.214. The molecule has 41 heavy (non-hydrogen) atoms. The number of fused-ring (bicyclic) bond motifs is 1. The van der Waals surface area contributed by atoms with E-state index in [0.717, 1.165) is 66.4 Å². The van der Waals surface area contributed by atoms with Crippen LogP contribution in [0.2, 0.25) is 0 Å². The molecule has 2 N–H and O–H groups in total. The van der Waals surface area contributed by atoms with Gasteiger partial charge >= 0.3 is 6.03 Å².